The summed E-state index contributed by atoms with van der Waals surface area (Å²) >= 11 is 6.17. The molecule has 2 fully saturated rings. The molecule has 1 saturated heterocycles. The summed E-state index contributed by atoms with van der Waals surface area (Å²) in [5, 5.41) is 0.518. The Morgan fingerprint density at radius 1 is 1.04 bits per heavy atom. The zero-order chi connectivity index (χ0) is 16.5. The van der Waals surface area contributed by atoms with Crippen molar-refractivity contribution in [3.05, 3.63) is 52.9 Å². The van der Waals surface area contributed by atoms with E-state index in [0.717, 1.165) is 56.0 Å². The third-order valence-electron chi connectivity index (χ3n) is 4.89. The summed E-state index contributed by atoms with van der Waals surface area (Å²) in [4.78, 5) is 23.9. The number of hydrogen-bond donors (Lipinski definition) is 0. The summed E-state index contributed by atoms with van der Waals surface area (Å²) in [5.74, 6) is 2.63. The van der Waals surface area contributed by atoms with Gasteiger partial charge in [0.2, 0.25) is 0 Å². The molecule has 4 nitrogen and oxygen atoms in total. The quantitative estimate of drug-likeness (QED) is 0.620. The number of ketones is 1. The molecule has 0 bridgehead atoms. The van der Waals surface area contributed by atoms with Crippen molar-refractivity contribution in [3.8, 4) is 0 Å². The normalized spacial score (nSPS) is 18.6. The third-order valence-corrected chi connectivity index (χ3v) is 5.08. The molecule has 0 radical (unpaired) electrons. The number of aromatic nitrogens is 2. The van der Waals surface area contributed by atoms with Crippen molar-refractivity contribution in [3.63, 3.8) is 0 Å². The molecule has 0 N–H and O–H groups in total. The van der Waals surface area contributed by atoms with Gasteiger partial charge in [0.15, 0.2) is 5.78 Å². The summed E-state index contributed by atoms with van der Waals surface area (Å²) in [6, 6.07) is 11.4. The van der Waals surface area contributed by atoms with E-state index < -0.39 is 0 Å². The Morgan fingerprint density at radius 3 is 2.42 bits per heavy atom. The zero-order valence-corrected chi connectivity index (χ0v) is 14.2. The Labute approximate surface area is 146 Å². The predicted octanol–water partition coefficient (Wildman–Crippen LogP) is 4.11. The molecule has 1 saturated carbocycles. The van der Waals surface area contributed by atoms with Crippen LogP contribution >= 0.6 is 11.6 Å². The van der Waals surface area contributed by atoms with Gasteiger partial charge in [0.1, 0.15) is 16.8 Å². The Balaban J connectivity index is 1.44. The number of piperidine rings is 1. The fraction of sp³-hybridized carbons (Fsp3) is 0.421. The minimum absolute atomic E-state index is 0.101. The highest BCUT2D eigenvalue weighted by Gasteiger charge is 2.30. The minimum atomic E-state index is 0.101. The maximum Gasteiger partial charge on any atom is 0.166 e. The van der Waals surface area contributed by atoms with Crippen molar-refractivity contribution in [2.75, 3.05) is 18.0 Å². The van der Waals surface area contributed by atoms with Crippen molar-refractivity contribution in [1.82, 2.24) is 9.97 Å². The SMILES string of the molecule is O=C(c1ccccc1)C1CCN(c2cc(Cl)nc(C3CC3)n2)CC1. The fourth-order valence-corrected chi connectivity index (χ4v) is 3.50. The molecule has 0 unspecified atom stereocenters. The number of benzene rings is 1. The van der Waals surface area contributed by atoms with E-state index in [9.17, 15) is 4.79 Å². The van der Waals surface area contributed by atoms with Crippen molar-refractivity contribution in [1.29, 1.82) is 0 Å². The van der Waals surface area contributed by atoms with Crippen molar-refractivity contribution in [2.24, 2.45) is 5.92 Å². The number of Topliss-reactive ketones (excluding diaryl/α,β-unsaturated/α-hetero) is 1. The van der Waals surface area contributed by atoms with Crippen LogP contribution in [-0.2, 0) is 0 Å². The summed E-state index contributed by atoms with van der Waals surface area (Å²) in [6.07, 6.45) is 4.03. The van der Waals surface area contributed by atoms with Gasteiger partial charge in [-0.15, -0.1) is 0 Å². The molecular formula is C19H20ClN3O. The van der Waals surface area contributed by atoms with E-state index in [0.29, 0.717) is 11.1 Å². The van der Waals surface area contributed by atoms with Gasteiger partial charge in [-0.2, -0.15) is 0 Å². The number of rotatable bonds is 4. The zero-order valence-electron chi connectivity index (χ0n) is 13.5. The first-order chi connectivity index (χ1) is 11.7. The third kappa shape index (κ3) is 3.29. The number of anilines is 1. The van der Waals surface area contributed by atoms with Crippen LogP contribution in [0.25, 0.3) is 0 Å². The number of nitrogens with zero attached hydrogens (tertiary/aromatic N) is 3. The lowest BCUT2D eigenvalue weighted by atomic mass is 9.89. The average molecular weight is 342 g/mol. The second-order valence-corrected chi connectivity index (χ2v) is 7.06. The first kappa shape index (κ1) is 15.6. The number of hydrogen-bond acceptors (Lipinski definition) is 4. The van der Waals surface area contributed by atoms with Gasteiger partial charge in [-0.1, -0.05) is 41.9 Å². The Hall–Kier alpha value is -1.94. The topological polar surface area (TPSA) is 46.1 Å². The molecule has 4 rings (SSSR count). The van der Waals surface area contributed by atoms with Gasteiger partial charge in [-0.25, -0.2) is 9.97 Å². The van der Waals surface area contributed by atoms with E-state index in [-0.39, 0.29) is 11.7 Å². The van der Waals surface area contributed by atoms with Gasteiger partial charge in [0.05, 0.1) is 0 Å². The second-order valence-electron chi connectivity index (χ2n) is 6.67. The highest BCUT2D eigenvalue weighted by molar-refractivity contribution is 6.29. The van der Waals surface area contributed by atoms with Gasteiger partial charge in [-0.3, -0.25) is 4.79 Å². The number of halogens is 1. The molecule has 5 heteroatoms. The van der Waals surface area contributed by atoms with Gasteiger partial charge in [0.25, 0.3) is 0 Å². The van der Waals surface area contributed by atoms with Crippen LogP contribution in [0.5, 0.6) is 0 Å². The highest BCUT2D eigenvalue weighted by Crippen LogP contribution is 2.39. The van der Waals surface area contributed by atoms with E-state index in [4.69, 9.17) is 16.6 Å². The van der Waals surface area contributed by atoms with E-state index in [1.165, 1.54) is 0 Å². The molecule has 124 valence electrons. The van der Waals surface area contributed by atoms with Gasteiger partial charge in [0, 0.05) is 36.6 Å². The van der Waals surface area contributed by atoms with E-state index in [2.05, 4.69) is 9.88 Å². The van der Waals surface area contributed by atoms with Gasteiger partial charge >= 0.3 is 0 Å². The van der Waals surface area contributed by atoms with E-state index >= 15 is 0 Å². The maximum absolute atomic E-state index is 12.6. The molecule has 0 amide bonds. The van der Waals surface area contributed by atoms with Crippen LogP contribution in [0.15, 0.2) is 36.4 Å². The summed E-state index contributed by atoms with van der Waals surface area (Å²) in [7, 11) is 0. The molecule has 1 aliphatic carbocycles. The van der Waals surface area contributed by atoms with Gasteiger partial charge < -0.3 is 4.90 Å². The van der Waals surface area contributed by atoms with Crippen LogP contribution < -0.4 is 4.90 Å². The smallest absolute Gasteiger partial charge is 0.166 e. The predicted molar refractivity (Wildman–Crippen MR) is 94.7 cm³/mol. The molecule has 2 aliphatic rings. The second kappa shape index (κ2) is 6.52. The molecule has 1 aromatic heterocycles. The Bertz CT molecular complexity index is 738. The summed E-state index contributed by atoms with van der Waals surface area (Å²) in [5.41, 5.74) is 0.817. The fourth-order valence-electron chi connectivity index (χ4n) is 3.32. The van der Waals surface area contributed by atoms with Crippen LogP contribution in [0.2, 0.25) is 5.15 Å². The first-order valence-electron chi connectivity index (χ1n) is 8.59. The van der Waals surface area contributed by atoms with Crippen LogP contribution in [0.1, 0.15) is 47.8 Å². The lowest BCUT2D eigenvalue weighted by Gasteiger charge is -2.32. The lowest BCUT2D eigenvalue weighted by Crippen LogP contribution is -2.37. The highest BCUT2D eigenvalue weighted by atomic mass is 35.5. The van der Waals surface area contributed by atoms with Crippen LogP contribution in [-0.4, -0.2) is 28.8 Å². The lowest BCUT2D eigenvalue weighted by molar-refractivity contribution is 0.0900. The molecular weight excluding hydrogens is 322 g/mol. The molecule has 1 aliphatic heterocycles. The molecule has 24 heavy (non-hydrogen) atoms. The summed E-state index contributed by atoms with van der Waals surface area (Å²) < 4.78 is 0. The molecule has 1 aromatic carbocycles. The van der Waals surface area contributed by atoms with Crippen molar-refractivity contribution in [2.45, 2.75) is 31.6 Å². The molecule has 2 heterocycles. The monoisotopic (exact) mass is 341 g/mol. The van der Waals surface area contributed by atoms with Gasteiger partial charge in [-0.05, 0) is 25.7 Å². The van der Waals surface area contributed by atoms with Crippen LogP contribution in [0.3, 0.4) is 0 Å². The molecule has 0 spiro atoms. The molecule has 2 aromatic rings. The first-order valence-corrected chi connectivity index (χ1v) is 8.97. The Kier molecular flexibility index (Phi) is 4.23. The summed E-state index contributed by atoms with van der Waals surface area (Å²) in [6.45, 7) is 1.67. The number of carbonyl (C=O) groups excluding carboxylic acids is 1. The van der Waals surface area contributed by atoms with Crippen LogP contribution in [0.4, 0.5) is 5.82 Å². The Morgan fingerprint density at radius 2 is 1.75 bits per heavy atom. The maximum atomic E-state index is 12.6. The minimum Gasteiger partial charge on any atom is -0.356 e. The van der Waals surface area contributed by atoms with Crippen LogP contribution in [0, 0.1) is 5.92 Å². The van der Waals surface area contributed by atoms with E-state index in [1.807, 2.05) is 36.4 Å². The van der Waals surface area contributed by atoms with Crippen molar-refractivity contribution < 1.29 is 4.79 Å². The van der Waals surface area contributed by atoms with Crippen molar-refractivity contribution >= 4 is 23.2 Å². The number of carbonyl (C=O) groups is 1. The average Bonchev–Trinajstić information content (AvgIpc) is 3.47. The molecule has 0 atom stereocenters. The standard InChI is InChI=1S/C19H20ClN3O/c20-16-12-17(22-19(21-16)15-6-7-15)23-10-8-14(9-11-23)18(24)13-4-2-1-3-5-13/h1-5,12,14-15H,6-11H2. The largest absolute Gasteiger partial charge is 0.356 e. The van der Waals surface area contributed by atoms with E-state index in [1.54, 1.807) is 0 Å².